The molecule has 2 aromatic heterocycles. The standard InChI is InChI=1S/C24H22ClFN6O2/c1-16-22(23(25)32(30-16)14-17-6-8-19(26)9-7-17)24(34)27-13-18-4-2-5-20(12-18)29-21(33)15-31-11-3-10-28-31/h2-12H,13-15H2,1H3,(H,27,34)(H,29,33). The van der Waals surface area contributed by atoms with E-state index in [1.807, 2.05) is 6.07 Å². The van der Waals surface area contributed by atoms with Gasteiger partial charge in [0.2, 0.25) is 5.91 Å². The molecule has 0 saturated carbocycles. The first-order valence-corrected chi connectivity index (χ1v) is 10.9. The Morgan fingerprint density at radius 3 is 2.62 bits per heavy atom. The average Bonchev–Trinajstić information content (AvgIpc) is 3.41. The molecular weight excluding hydrogens is 459 g/mol. The predicted octanol–water partition coefficient (Wildman–Crippen LogP) is 3.80. The number of rotatable bonds is 8. The molecule has 0 fully saturated rings. The van der Waals surface area contributed by atoms with Crippen LogP contribution in [0.25, 0.3) is 0 Å². The van der Waals surface area contributed by atoms with Crippen LogP contribution in [0.3, 0.4) is 0 Å². The van der Waals surface area contributed by atoms with Crippen molar-refractivity contribution >= 4 is 29.1 Å². The molecule has 0 bridgehead atoms. The van der Waals surface area contributed by atoms with E-state index in [0.29, 0.717) is 17.9 Å². The topological polar surface area (TPSA) is 93.8 Å². The minimum absolute atomic E-state index is 0.105. The lowest BCUT2D eigenvalue weighted by Gasteiger charge is -2.09. The lowest BCUT2D eigenvalue weighted by molar-refractivity contribution is -0.116. The van der Waals surface area contributed by atoms with Crippen molar-refractivity contribution in [1.82, 2.24) is 24.9 Å². The molecule has 2 aromatic carbocycles. The summed E-state index contributed by atoms with van der Waals surface area (Å²) in [6.07, 6.45) is 3.32. The molecular formula is C24H22ClFN6O2. The third-order valence-electron chi connectivity index (χ3n) is 5.07. The van der Waals surface area contributed by atoms with Gasteiger partial charge in [-0.15, -0.1) is 0 Å². The second kappa shape index (κ2) is 10.3. The summed E-state index contributed by atoms with van der Waals surface area (Å²) in [7, 11) is 0. The smallest absolute Gasteiger partial charge is 0.256 e. The van der Waals surface area contributed by atoms with Crippen molar-refractivity contribution in [2.45, 2.75) is 26.6 Å². The molecule has 2 heterocycles. The molecule has 0 saturated heterocycles. The van der Waals surface area contributed by atoms with Gasteiger partial charge in [0.05, 0.1) is 17.8 Å². The minimum Gasteiger partial charge on any atom is -0.348 e. The highest BCUT2D eigenvalue weighted by Gasteiger charge is 2.20. The Bertz CT molecular complexity index is 1300. The van der Waals surface area contributed by atoms with Gasteiger partial charge in [-0.25, -0.2) is 9.07 Å². The fraction of sp³-hybridized carbons (Fsp3) is 0.167. The van der Waals surface area contributed by atoms with Crippen molar-refractivity contribution in [3.05, 3.63) is 100 Å². The molecule has 10 heteroatoms. The van der Waals surface area contributed by atoms with E-state index in [1.165, 1.54) is 21.5 Å². The molecule has 4 rings (SSSR count). The highest BCUT2D eigenvalue weighted by atomic mass is 35.5. The summed E-state index contributed by atoms with van der Waals surface area (Å²) in [6, 6.07) is 15.0. The van der Waals surface area contributed by atoms with Crippen LogP contribution in [0.1, 0.15) is 27.2 Å². The number of benzene rings is 2. The number of nitrogens with zero attached hydrogens (tertiary/aromatic N) is 4. The molecule has 0 radical (unpaired) electrons. The van der Waals surface area contributed by atoms with E-state index < -0.39 is 0 Å². The van der Waals surface area contributed by atoms with Crippen LogP contribution >= 0.6 is 11.6 Å². The van der Waals surface area contributed by atoms with Crippen molar-refractivity contribution in [3.8, 4) is 0 Å². The van der Waals surface area contributed by atoms with Crippen molar-refractivity contribution < 1.29 is 14.0 Å². The van der Waals surface area contributed by atoms with Crippen LogP contribution in [0.5, 0.6) is 0 Å². The molecule has 0 spiro atoms. The Hall–Kier alpha value is -3.98. The van der Waals surface area contributed by atoms with Crippen LogP contribution in [0.2, 0.25) is 5.15 Å². The van der Waals surface area contributed by atoms with Crippen molar-refractivity contribution in [2.75, 3.05) is 5.32 Å². The van der Waals surface area contributed by atoms with Crippen molar-refractivity contribution in [1.29, 1.82) is 0 Å². The summed E-state index contributed by atoms with van der Waals surface area (Å²) in [5.74, 6) is -0.894. The van der Waals surface area contributed by atoms with E-state index in [4.69, 9.17) is 11.6 Å². The summed E-state index contributed by atoms with van der Waals surface area (Å²) >= 11 is 6.44. The van der Waals surface area contributed by atoms with Gasteiger partial charge in [-0.2, -0.15) is 10.2 Å². The lowest BCUT2D eigenvalue weighted by atomic mass is 10.2. The molecule has 2 N–H and O–H groups in total. The quantitative estimate of drug-likeness (QED) is 0.401. The summed E-state index contributed by atoms with van der Waals surface area (Å²) in [4.78, 5) is 25.0. The first kappa shape index (κ1) is 23.2. The second-order valence-electron chi connectivity index (χ2n) is 7.67. The zero-order valence-corrected chi connectivity index (χ0v) is 19.1. The number of amides is 2. The molecule has 0 aliphatic carbocycles. The Labute approximate surface area is 200 Å². The van der Waals surface area contributed by atoms with E-state index in [9.17, 15) is 14.0 Å². The van der Waals surface area contributed by atoms with Crippen LogP contribution < -0.4 is 10.6 Å². The monoisotopic (exact) mass is 480 g/mol. The van der Waals surface area contributed by atoms with E-state index >= 15 is 0 Å². The van der Waals surface area contributed by atoms with Crippen LogP contribution in [0.4, 0.5) is 10.1 Å². The van der Waals surface area contributed by atoms with Gasteiger partial charge in [-0.3, -0.25) is 14.3 Å². The van der Waals surface area contributed by atoms with Gasteiger partial charge in [0, 0.05) is 24.6 Å². The molecule has 34 heavy (non-hydrogen) atoms. The highest BCUT2D eigenvalue weighted by Crippen LogP contribution is 2.21. The summed E-state index contributed by atoms with van der Waals surface area (Å²) in [5, 5.41) is 14.2. The van der Waals surface area contributed by atoms with Crippen LogP contribution in [0.15, 0.2) is 67.0 Å². The van der Waals surface area contributed by atoms with Gasteiger partial charge in [0.25, 0.3) is 5.91 Å². The predicted molar refractivity (Wildman–Crippen MR) is 126 cm³/mol. The van der Waals surface area contributed by atoms with Gasteiger partial charge < -0.3 is 10.6 Å². The maximum Gasteiger partial charge on any atom is 0.256 e. The van der Waals surface area contributed by atoms with Gasteiger partial charge in [-0.1, -0.05) is 35.9 Å². The van der Waals surface area contributed by atoms with Crippen molar-refractivity contribution in [2.24, 2.45) is 0 Å². The number of nitrogens with one attached hydrogen (secondary N) is 2. The van der Waals surface area contributed by atoms with E-state index in [2.05, 4.69) is 20.8 Å². The second-order valence-corrected chi connectivity index (χ2v) is 8.03. The molecule has 0 atom stereocenters. The number of halogens is 2. The number of aromatic nitrogens is 4. The fourth-order valence-corrected chi connectivity index (χ4v) is 3.77. The Morgan fingerprint density at radius 1 is 1.09 bits per heavy atom. The minimum atomic E-state index is -0.360. The number of carbonyl (C=O) groups excluding carboxylic acids is 2. The Balaban J connectivity index is 1.38. The first-order chi connectivity index (χ1) is 16.4. The SMILES string of the molecule is Cc1nn(Cc2ccc(F)cc2)c(Cl)c1C(=O)NCc1cccc(NC(=O)Cn2cccn2)c1. The molecule has 174 valence electrons. The van der Waals surface area contributed by atoms with Crippen molar-refractivity contribution in [3.63, 3.8) is 0 Å². The van der Waals surface area contributed by atoms with Crippen LogP contribution in [-0.4, -0.2) is 31.4 Å². The summed E-state index contributed by atoms with van der Waals surface area (Å²) in [6.45, 7) is 2.36. The number of hydrogen-bond donors (Lipinski definition) is 2. The Kier molecular flexibility index (Phi) is 7.03. The molecule has 0 unspecified atom stereocenters. The van der Waals surface area contributed by atoms with Gasteiger partial charge in [0.1, 0.15) is 17.5 Å². The van der Waals surface area contributed by atoms with E-state index in [1.54, 1.807) is 55.7 Å². The third-order valence-corrected chi connectivity index (χ3v) is 5.45. The maximum absolute atomic E-state index is 13.1. The molecule has 2 amide bonds. The van der Waals surface area contributed by atoms with Crippen LogP contribution in [-0.2, 0) is 24.4 Å². The van der Waals surface area contributed by atoms with Gasteiger partial charge >= 0.3 is 0 Å². The summed E-state index contributed by atoms with van der Waals surface area (Å²) in [5.41, 5.74) is 3.00. The van der Waals surface area contributed by atoms with Gasteiger partial charge in [-0.05, 0) is 48.4 Å². The molecule has 0 aliphatic heterocycles. The van der Waals surface area contributed by atoms with E-state index in [0.717, 1.165) is 11.1 Å². The lowest BCUT2D eigenvalue weighted by Crippen LogP contribution is -2.24. The first-order valence-electron chi connectivity index (χ1n) is 10.5. The number of aryl methyl sites for hydroxylation is 1. The largest absolute Gasteiger partial charge is 0.348 e. The fourth-order valence-electron chi connectivity index (χ4n) is 3.45. The number of anilines is 1. The normalized spacial score (nSPS) is 10.8. The molecule has 8 nitrogen and oxygen atoms in total. The zero-order chi connectivity index (χ0) is 24.1. The van der Waals surface area contributed by atoms with E-state index in [-0.39, 0.29) is 41.4 Å². The Morgan fingerprint density at radius 2 is 1.88 bits per heavy atom. The molecule has 4 aromatic rings. The van der Waals surface area contributed by atoms with Gasteiger partial charge in [0.15, 0.2) is 0 Å². The average molecular weight is 481 g/mol. The third kappa shape index (κ3) is 5.68. The summed E-state index contributed by atoms with van der Waals surface area (Å²) < 4.78 is 16.2. The molecule has 0 aliphatic rings. The number of carbonyl (C=O) groups is 2. The van der Waals surface area contributed by atoms with Crippen LogP contribution in [0, 0.1) is 12.7 Å². The maximum atomic E-state index is 13.1. The highest BCUT2D eigenvalue weighted by molar-refractivity contribution is 6.33. The zero-order valence-electron chi connectivity index (χ0n) is 18.3. The number of hydrogen-bond acceptors (Lipinski definition) is 4.